The summed E-state index contributed by atoms with van der Waals surface area (Å²) in [5.74, 6) is -0.206. The Hall–Kier alpha value is 0.230. The third-order valence-electron chi connectivity index (χ3n) is 5.22. The fourth-order valence-corrected chi connectivity index (χ4v) is 4.77. The number of ether oxygens (including phenoxy) is 2. The van der Waals surface area contributed by atoms with Crippen molar-refractivity contribution >= 4 is 11.8 Å². The van der Waals surface area contributed by atoms with Gasteiger partial charge >= 0.3 is 0 Å². The average Bonchev–Trinajstić information content (AvgIpc) is 3.09. The number of hydrogen-bond donors (Lipinski definition) is 1. The number of thioether (sulfide) groups is 1. The van der Waals surface area contributed by atoms with Gasteiger partial charge in [-0.2, -0.15) is 11.8 Å². The van der Waals surface area contributed by atoms with E-state index in [1.807, 2.05) is 0 Å². The molecule has 0 aromatic heterocycles. The van der Waals surface area contributed by atoms with Crippen molar-refractivity contribution in [3.05, 3.63) is 0 Å². The number of rotatable bonds is 4. The van der Waals surface area contributed by atoms with Crippen molar-refractivity contribution in [1.29, 1.82) is 0 Å². The normalized spacial score (nSPS) is 30.2. The molecule has 3 aliphatic rings. The third-order valence-corrected chi connectivity index (χ3v) is 6.64. The summed E-state index contributed by atoms with van der Waals surface area (Å²) < 4.78 is 12.1. The molecule has 0 aromatic rings. The molecule has 3 nitrogen and oxygen atoms in total. The molecule has 110 valence electrons. The third kappa shape index (κ3) is 3.12. The molecule has 1 saturated heterocycles. The summed E-state index contributed by atoms with van der Waals surface area (Å²) in [7, 11) is 0. The quantitative estimate of drug-likeness (QED) is 0.860. The Kier molecular flexibility index (Phi) is 4.42. The summed E-state index contributed by atoms with van der Waals surface area (Å²) in [5.41, 5.74) is 0. The molecular weight excluding hydrogens is 258 g/mol. The predicted octanol–water partition coefficient (Wildman–Crippen LogP) is 2.94. The molecule has 0 atom stereocenters. The van der Waals surface area contributed by atoms with E-state index in [-0.39, 0.29) is 5.79 Å². The van der Waals surface area contributed by atoms with Crippen molar-refractivity contribution in [2.24, 2.45) is 0 Å². The molecule has 4 heteroatoms. The van der Waals surface area contributed by atoms with E-state index in [9.17, 15) is 0 Å². The molecule has 1 aliphatic heterocycles. The zero-order valence-electron chi connectivity index (χ0n) is 12.1. The zero-order valence-corrected chi connectivity index (χ0v) is 12.9. The molecule has 0 amide bonds. The Morgan fingerprint density at radius 3 is 2.26 bits per heavy atom. The maximum absolute atomic E-state index is 5.79. The zero-order chi connectivity index (χ0) is 13.2. The van der Waals surface area contributed by atoms with Crippen LogP contribution in [0.5, 0.6) is 0 Å². The summed E-state index contributed by atoms with van der Waals surface area (Å²) >= 11 is 2.08. The van der Waals surface area contributed by atoms with E-state index in [1.165, 1.54) is 45.1 Å². The Bertz CT molecular complexity index is 289. The highest BCUT2D eigenvalue weighted by atomic mass is 32.2. The van der Waals surface area contributed by atoms with Gasteiger partial charge in [0.05, 0.1) is 13.2 Å². The fraction of sp³-hybridized carbons (Fsp3) is 1.00. The van der Waals surface area contributed by atoms with Crippen LogP contribution in [0.25, 0.3) is 0 Å². The smallest absolute Gasteiger partial charge is 0.168 e. The van der Waals surface area contributed by atoms with Crippen LogP contribution in [0.15, 0.2) is 0 Å². The van der Waals surface area contributed by atoms with Crippen LogP contribution in [0.1, 0.15) is 51.4 Å². The van der Waals surface area contributed by atoms with Crippen LogP contribution in [0.3, 0.4) is 0 Å². The minimum absolute atomic E-state index is 0.206. The van der Waals surface area contributed by atoms with Gasteiger partial charge in [-0.25, -0.2) is 0 Å². The van der Waals surface area contributed by atoms with Crippen LogP contribution in [0.2, 0.25) is 0 Å². The first-order chi connectivity index (χ1) is 9.26. The highest BCUT2D eigenvalue weighted by molar-refractivity contribution is 8.00. The van der Waals surface area contributed by atoms with Crippen molar-refractivity contribution in [3.63, 3.8) is 0 Å². The molecule has 1 heterocycles. The van der Waals surface area contributed by atoms with Crippen molar-refractivity contribution in [2.75, 3.05) is 26.0 Å². The van der Waals surface area contributed by atoms with Gasteiger partial charge in [0.25, 0.3) is 0 Å². The van der Waals surface area contributed by atoms with Crippen molar-refractivity contribution in [2.45, 2.75) is 67.9 Å². The number of nitrogens with one attached hydrogen (secondary N) is 1. The van der Waals surface area contributed by atoms with E-state index in [1.54, 1.807) is 0 Å². The maximum atomic E-state index is 5.79. The topological polar surface area (TPSA) is 30.5 Å². The summed E-state index contributed by atoms with van der Waals surface area (Å²) in [6.45, 7) is 2.76. The van der Waals surface area contributed by atoms with E-state index >= 15 is 0 Å². The van der Waals surface area contributed by atoms with Crippen LogP contribution in [-0.2, 0) is 9.47 Å². The van der Waals surface area contributed by atoms with Crippen LogP contribution in [0, 0.1) is 0 Å². The summed E-state index contributed by atoms with van der Waals surface area (Å²) in [6, 6.07) is 0.669. The molecule has 19 heavy (non-hydrogen) atoms. The van der Waals surface area contributed by atoms with Gasteiger partial charge in [0.1, 0.15) is 0 Å². The Morgan fingerprint density at radius 1 is 1.05 bits per heavy atom. The van der Waals surface area contributed by atoms with E-state index in [2.05, 4.69) is 23.3 Å². The van der Waals surface area contributed by atoms with Gasteiger partial charge in [-0.05, 0) is 31.9 Å². The molecular formula is C15H27NO2S. The van der Waals surface area contributed by atoms with Crippen LogP contribution >= 0.6 is 11.8 Å². The second-order valence-electron chi connectivity index (χ2n) is 6.36. The lowest BCUT2D eigenvalue weighted by molar-refractivity contribution is -0.179. The van der Waals surface area contributed by atoms with Crippen LogP contribution in [-0.4, -0.2) is 42.6 Å². The van der Waals surface area contributed by atoms with Gasteiger partial charge in [-0.15, -0.1) is 0 Å². The molecule has 2 saturated carbocycles. The standard InChI is InChI=1S/C15H27NO2S/c1-19-14(6-2-3-7-14)12-16-13-4-8-15(9-5-13)17-10-11-18-15/h13,16H,2-12H2,1H3. The van der Waals surface area contributed by atoms with Gasteiger partial charge in [-0.3, -0.25) is 0 Å². The minimum atomic E-state index is -0.206. The first-order valence-corrected chi connectivity index (χ1v) is 9.05. The highest BCUT2D eigenvalue weighted by Gasteiger charge is 2.41. The van der Waals surface area contributed by atoms with E-state index in [4.69, 9.17) is 9.47 Å². The molecule has 0 radical (unpaired) electrons. The Morgan fingerprint density at radius 2 is 1.68 bits per heavy atom. The first kappa shape index (κ1) is 14.2. The molecule has 3 rings (SSSR count). The molecule has 2 aliphatic carbocycles. The SMILES string of the molecule is CSC1(CNC2CCC3(CC2)OCCO3)CCCC1. The average molecular weight is 285 g/mol. The lowest BCUT2D eigenvalue weighted by Crippen LogP contribution is -2.46. The lowest BCUT2D eigenvalue weighted by atomic mass is 9.89. The number of hydrogen-bond acceptors (Lipinski definition) is 4. The lowest BCUT2D eigenvalue weighted by Gasteiger charge is -2.37. The predicted molar refractivity (Wildman–Crippen MR) is 79.6 cm³/mol. The van der Waals surface area contributed by atoms with Gasteiger partial charge in [-0.1, -0.05) is 12.8 Å². The van der Waals surface area contributed by atoms with Crippen LogP contribution < -0.4 is 5.32 Å². The largest absolute Gasteiger partial charge is 0.348 e. The van der Waals surface area contributed by atoms with Crippen molar-refractivity contribution in [3.8, 4) is 0 Å². The molecule has 0 aromatic carbocycles. The molecule has 3 fully saturated rings. The van der Waals surface area contributed by atoms with E-state index in [0.29, 0.717) is 10.8 Å². The molecule has 1 N–H and O–H groups in total. The monoisotopic (exact) mass is 285 g/mol. The minimum Gasteiger partial charge on any atom is -0.348 e. The molecule has 1 spiro atoms. The molecule has 0 bridgehead atoms. The second-order valence-corrected chi connectivity index (χ2v) is 7.63. The summed E-state index contributed by atoms with van der Waals surface area (Å²) in [5, 5.41) is 3.83. The van der Waals surface area contributed by atoms with Gasteiger partial charge in [0.2, 0.25) is 0 Å². The van der Waals surface area contributed by atoms with Gasteiger partial charge in [0.15, 0.2) is 5.79 Å². The fourth-order valence-electron chi connectivity index (χ4n) is 3.85. The maximum Gasteiger partial charge on any atom is 0.168 e. The van der Waals surface area contributed by atoms with Gasteiger partial charge in [0, 0.05) is 30.2 Å². The first-order valence-electron chi connectivity index (χ1n) is 7.82. The second kappa shape index (κ2) is 5.92. The highest BCUT2D eigenvalue weighted by Crippen LogP contribution is 2.40. The van der Waals surface area contributed by atoms with E-state index < -0.39 is 0 Å². The summed E-state index contributed by atoms with van der Waals surface area (Å²) in [6.07, 6.45) is 12.4. The van der Waals surface area contributed by atoms with Crippen molar-refractivity contribution < 1.29 is 9.47 Å². The van der Waals surface area contributed by atoms with Crippen LogP contribution in [0.4, 0.5) is 0 Å². The Labute approximate surface area is 121 Å². The van der Waals surface area contributed by atoms with Crippen molar-refractivity contribution in [1.82, 2.24) is 5.32 Å². The van der Waals surface area contributed by atoms with E-state index in [0.717, 1.165) is 26.1 Å². The summed E-state index contributed by atoms with van der Waals surface area (Å²) in [4.78, 5) is 0. The van der Waals surface area contributed by atoms with Gasteiger partial charge < -0.3 is 14.8 Å². The molecule has 0 unspecified atom stereocenters. The Balaban J connectivity index is 1.44.